The van der Waals surface area contributed by atoms with Gasteiger partial charge in [0.05, 0.1) is 18.2 Å². The van der Waals surface area contributed by atoms with E-state index in [1.807, 2.05) is 0 Å². The maximum absolute atomic E-state index is 13.4. The molecule has 2 N–H and O–H groups in total. The normalized spacial score (nSPS) is 16.6. The van der Waals surface area contributed by atoms with Crippen LogP contribution >= 0.6 is 36.4 Å². The van der Waals surface area contributed by atoms with E-state index in [1.54, 1.807) is 4.90 Å². The standard InChI is InChI=1S/C13H17ClF2N2O2.2ClH/c1-20-10-7-8(6-9(14)12(10)19)11(13(15)16)18-4-2-17-3-5-18;;/h6-7,11,13,17,19H,2-5H2,1H3;2*1H/t11-;;/m1../s1. The number of alkyl halides is 2. The second-order valence-corrected chi connectivity index (χ2v) is 5.03. The zero-order valence-corrected chi connectivity index (χ0v) is 14.3. The molecule has 4 nitrogen and oxygen atoms in total. The maximum atomic E-state index is 13.4. The number of phenols is 1. The average Bonchev–Trinajstić information content (AvgIpc) is 2.43. The Balaban J connectivity index is 0.00000220. The molecular weight excluding hydrogens is 361 g/mol. The number of methoxy groups -OCH3 is 1. The first kappa shape index (κ1) is 21.5. The van der Waals surface area contributed by atoms with Gasteiger partial charge in [-0.25, -0.2) is 8.78 Å². The average molecular weight is 380 g/mol. The van der Waals surface area contributed by atoms with Crippen molar-refractivity contribution in [1.29, 1.82) is 0 Å². The van der Waals surface area contributed by atoms with E-state index in [0.29, 0.717) is 31.7 Å². The Hall–Kier alpha value is -0.530. The van der Waals surface area contributed by atoms with E-state index in [9.17, 15) is 13.9 Å². The lowest BCUT2D eigenvalue weighted by molar-refractivity contribution is 0.0181. The minimum Gasteiger partial charge on any atom is -0.503 e. The van der Waals surface area contributed by atoms with E-state index in [1.165, 1.54) is 19.2 Å². The van der Waals surface area contributed by atoms with E-state index in [0.717, 1.165) is 0 Å². The number of nitrogens with one attached hydrogen (secondary N) is 1. The van der Waals surface area contributed by atoms with Crippen LogP contribution in [-0.2, 0) is 0 Å². The molecule has 0 aromatic heterocycles. The molecule has 0 amide bonds. The number of ether oxygens (including phenoxy) is 1. The quantitative estimate of drug-likeness (QED) is 0.844. The lowest BCUT2D eigenvalue weighted by atomic mass is 10.0. The second kappa shape index (κ2) is 9.57. The molecule has 2 rings (SSSR count). The summed E-state index contributed by atoms with van der Waals surface area (Å²) in [5.41, 5.74) is 0.349. The van der Waals surface area contributed by atoms with Crippen molar-refractivity contribution in [2.24, 2.45) is 0 Å². The SMILES string of the molecule is COc1cc([C@H](C(F)F)N2CCNCC2)cc(Cl)c1O.Cl.Cl. The Bertz CT molecular complexity index is 475. The highest BCUT2D eigenvalue weighted by molar-refractivity contribution is 6.32. The number of hydrogen-bond donors (Lipinski definition) is 2. The van der Waals surface area contributed by atoms with Crippen LogP contribution in [0.3, 0.4) is 0 Å². The molecule has 0 unspecified atom stereocenters. The zero-order valence-electron chi connectivity index (χ0n) is 11.9. The van der Waals surface area contributed by atoms with Crippen LogP contribution in [0.5, 0.6) is 11.5 Å². The van der Waals surface area contributed by atoms with Crippen LogP contribution in [0.1, 0.15) is 11.6 Å². The van der Waals surface area contributed by atoms with Gasteiger partial charge in [-0.15, -0.1) is 24.8 Å². The van der Waals surface area contributed by atoms with Gasteiger partial charge < -0.3 is 15.2 Å². The molecule has 9 heteroatoms. The maximum Gasteiger partial charge on any atom is 0.258 e. The molecule has 0 bridgehead atoms. The third-order valence-corrected chi connectivity index (χ3v) is 3.68. The highest BCUT2D eigenvalue weighted by Gasteiger charge is 2.31. The molecule has 1 atom stereocenters. The summed E-state index contributed by atoms with van der Waals surface area (Å²) in [5, 5.41) is 12.8. The Morgan fingerprint density at radius 1 is 1.27 bits per heavy atom. The summed E-state index contributed by atoms with van der Waals surface area (Å²) >= 11 is 5.88. The lowest BCUT2D eigenvalue weighted by Gasteiger charge is -2.34. The molecule has 1 fully saturated rings. The van der Waals surface area contributed by atoms with Gasteiger partial charge in [0.1, 0.15) is 0 Å². The number of piperazine rings is 1. The Kier molecular flexibility index (Phi) is 9.34. The van der Waals surface area contributed by atoms with Gasteiger partial charge in [0.25, 0.3) is 6.43 Å². The molecular formula is C13H19Cl3F2N2O2. The van der Waals surface area contributed by atoms with Crippen molar-refractivity contribution in [3.05, 3.63) is 22.7 Å². The van der Waals surface area contributed by atoms with E-state index in [-0.39, 0.29) is 41.3 Å². The molecule has 128 valence electrons. The molecule has 0 saturated carbocycles. The van der Waals surface area contributed by atoms with Crippen LogP contribution in [0.25, 0.3) is 0 Å². The highest BCUT2D eigenvalue weighted by Crippen LogP contribution is 2.39. The summed E-state index contributed by atoms with van der Waals surface area (Å²) < 4.78 is 31.8. The number of benzene rings is 1. The monoisotopic (exact) mass is 378 g/mol. The first-order chi connectivity index (χ1) is 9.54. The van der Waals surface area contributed by atoms with Crippen LogP contribution in [0.4, 0.5) is 8.78 Å². The van der Waals surface area contributed by atoms with Crippen LogP contribution < -0.4 is 10.1 Å². The van der Waals surface area contributed by atoms with Crippen LogP contribution in [0, 0.1) is 0 Å². The third kappa shape index (κ3) is 4.73. The predicted molar refractivity (Wildman–Crippen MR) is 87.4 cm³/mol. The Morgan fingerprint density at radius 3 is 2.36 bits per heavy atom. The molecule has 1 saturated heterocycles. The zero-order chi connectivity index (χ0) is 14.7. The van der Waals surface area contributed by atoms with Gasteiger partial charge in [-0.3, -0.25) is 4.90 Å². The van der Waals surface area contributed by atoms with Crippen molar-refractivity contribution >= 4 is 36.4 Å². The molecule has 0 aliphatic carbocycles. The van der Waals surface area contributed by atoms with Gasteiger partial charge in [0, 0.05) is 26.2 Å². The van der Waals surface area contributed by atoms with Crippen molar-refractivity contribution in [3.8, 4) is 11.5 Å². The van der Waals surface area contributed by atoms with Gasteiger partial charge in [0.15, 0.2) is 11.5 Å². The summed E-state index contributed by atoms with van der Waals surface area (Å²) in [6, 6.07) is 1.74. The van der Waals surface area contributed by atoms with Gasteiger partial charge >= 0.3 is 0 Å². The van der Waals surface area contributed by atoms with Crippen LogP contribution in [-0.4, -0.2) is 49.7 Å². The van der Waals surface area contributed by atoms with Gasteiger partial charge in [-0.1, -0.05) is 11.6 Å². The number of nitrogens with zero attached hydrogens (tertiary/aromatic N) is 1. The van der Waals surface area contributed by atoms with Crippen LogP contribution in [0.2, 0.25) is 5.02 Å². The highest BCUT2D eigenvalue weighted by atomic mass is 35.5. The second-order valence-electron chi connectivity index (χ2n) is 4.62. The van der Waals surface area contributed by atoms with Gasteiger partial charge in [0.2, 0.25) is 0 Å². The minimum atomic E-state index is -2.54. The van der Waals surface area contributed by atoms with Gasteiger partial charge in [-0.2, -0.15) is 0 Å². The van der Waals surface area contributed by atoms with Crippen molar-refractivity contribution in [2.45, 2.75) is 12.5 Å². The number of halogens is 5. The summed E-state index contributed by atoms with van der Waals surface area (Å²) in [4.78, 5) is 1.71. The number of rotatable bonds is 4. The molecule has 1 heterocycles. The van der Waals surface area contributed by atoms with Crippen molar-refractivity contribution in [2.75, 3.05) is 33.3 Å². The first-order valence-electron chi connectivity index (χ1n) is 6.34. The van der Waals surface area contributed by atoms with Crippen molar-refractivity contribution in [1.82, 2.24) is 10.2 Å². The molecule has 1 aromatic rings. The Labute approximate surface area is 145 Å². The van der Waals surface area contributed by atoms with E-state index >= 15 is 0 Å². The summed E-state index contributed by atoms with van der Waals surface area (Å²) in [7, 11) is 1.36. The summed E-state index contributed by atoms with van der Waals surface area (Å²) in [6.45, 7) is 2.42. The number of hydrogen-bond acceptors (Lipinski definition) is 4. The van der Waals surface area contributed by atoms with Crippen molar-refractivity contribution < 1.29 is 18.6 Å². The first-order valence-corrected chi connectivity index (χ1v) is 6.71. The molecule has 1 aliphatic heterocycles. The largest absolute Gasteiger partial charge is 0.503 e. The van der Waals surface area contributed by atoms with E-state index < -0.39 is 12.5 Å². The minimum absolute atomic E-state index is 0. The molecule has 0 spiro atoms. The van der Waals surface area contributed by atoms with Crippen LogP contribution in [0.15, 0.2) is 12.1 Å². The summed E-state index contributed by atoms with van der Waals surface area (Å²) in [6.07, 6.45) is -2.54. The van der Waals surface area contributed by atoms with Crippen molar-refractivity contribution in [3.63, 3.8) is 0 Å². The number of phenolic OH excluding ortho intramolecular Hbond substituents is 1. The fraction of sp³-hybridized carbons (Fsp3) is 0.538. The van der Waals surface area contributed by atoms with Gasteiger partial charge in [-0.05, 0) is 17.7 Å². The molecule has 22 heavy (non-hydrogen) atoms. The Morgan fingerprint density at radius 2 is 1.86 bits per heavy atom. The third-order valence-electron chi connectivity index (χ3n) is 3.40. The summed E-state index contributed by atoms with van der Waals surface area (Å²) in [5.74, 6) is -0.125. The smallest absolute Gasteiger partial charge is 0.258 e. The fourth-order valence-corrected chi connectivity index (χ4v) is 2.62. The molecule has 1 aliphatic rings. The lowest BCUT2D eigenvalue weighted by Crippen LogP contribution is -2.46. The molecule has 0 radical (unpaired) electrons. The topological polar surface area (TPSA) is 44.7 Å². The van der Waals surface area contributed by atoms with E-state index in [2.05, 4.69) is 5.32 Å². The molecule has 1 aromatic carbocycles. The van der Waals surface area contributed by atoms with E-state index in [4.69, 9.17) is 16.3 Å². The number of aromatic hydroxyl groups is 1. The fourth-order valence-electron chi connectivity index (χ4n) is 2.40. The predicted octanol–water partition coefficient (Wildman–Crippen LogP) is 3.11.